The fourth-order valence-electron chi connectivity index (χ4n) is 4.23. The van der Waals surface area contributed by atoms with E-state index in [4.69, 9.17) is 9.72 Å². The first kappa shape index (κ1) is 19.4. The number of Topliss-reactive ketones (excluding diaryl/α,β-unsaturated/α-hetero) is 1. The monoisotopic (exact) mass is 357 g/mol. The lowest BCUT2D eigenvalue weighted by molar-refractivity contribution is -0.128. The lowest BCUT2D eigenvalue weighted by atomic mass is 9.72. The molecule has 26 heavy (non-hydrogen) atoms. The van der Waals surface area contributed by atoms with Gasteiger partial charge in [0, 0.05) is 29.5 Å². The first-order valence-electron chi connectivity index (χ1n) is 10.2. The Hall–Kier alpha value is -1.38. The normalized spacial score (nSPS) is 23.0. The average Bonchev–Trinajstić information content (AvgIpc) is 2.95. The molecule has 1 saturated carbocycles. The van der Waals surface area contributed by atoms with Crippen LogP contribution in [-0.4, -0.2) is 16.9 Å². The van der Waals surface area contributed by atoms with Crippen LogP contribution in [0.15, 0.2) is 6.07 Å². The van der Waals surface area contributed by atoms with Gasteiger partial charge >= 0.3 is 0 Å². The van der Waals surface area contributed by atoms with Crippen molar-refractivity contribution in [2.24, 2.45) is 11.3 Å². The Morgan fingerprint density at radius 1 is 1.23 bits per heavy atom. The van der Waals surface area contributed by atoms with Crippen molar-refractivity contribution in [3.8, 4) is 5.75 Å². The third kappa shape index (κ3) is 3.82. The number of hydrogen-bond donors (Lipinski definition) is 0. The van der Waals surface area contributed by atoms with Crippen molar-refractivity contribution in [2.75, 3.05) is 0 Å². The lowest BCUT2D eigenvalue weighted by Crippen LogP contribution is -2.29. The molecule has 1 aliphatic heterocycles. The Balaban J connectivity index is 1.94. The number of carbonyl (C=O) groups is 1. The molecule has 0 spiro atoms. The zero-order valence-corrected chi connectivity index (χ0v) is 17.6. The van der Waals surface area contributed by atoms with Gasteiger partial charge in [0.05, 0.1) is 5.69 Å². The SMILES string of the molecule is CC(C)C(=O)C1Cc2nc(C3CCC(C)(C)CC3)cc(C(C)(C)C)c2O1. The van der Waals surface area contributed by atoms with Crippen LogP contribution in [0.1, 0.15) is 97.0 Å². The average molecular weight is 358 g/mol. The van der Waals surface area contributed by atoms with Crippen LogP contribution in [0, 0.1) is 11.3 Å². The standard InChI is InChI=1S/C23H35NO2/c1-14(2)20(25)19-13-18-21(26-19)16(22(3,4)5)12-17(24-18)15-8-10-23(6,7)11-9-15/h12,14-15,19H,8-11,13H2,1-7H3. The van der Waals surface area contributed by atoms with Crippen molar-refractivity contribution in [3.63, 3.8) is 0 Å². The smallest absolute Gasteiger partial charge is 0.176 e. The van der Waals surface area contributed by atoms with Crippen LogP contribution in [0.5, 0.6) is 5.75 Å². The minimum absolute atomic E-state index is 0.00700. The van der Waals surface area contributed by atoms with E-state index >= 15 is 0 Å². The molecular weight excluding hydrogens is 322 g/mol. The third-order valence-corrected chi connectivity index (χ3v) is 6.15. The van der Waals surface area contributed by atoms with E-state index in [-0.39, 0.29) is 23.2 Å². The summed E-state index contributed by atoms with van der Waals surface area (Å²) in [5.74, 6) is 1.59. The van der Waals surface area contributed by atoms with Crippen LogP contribution in [0.2, 0.25) is 0 Å². The van der Waals surface area contributed by atoms with E-state index in [1.165, 1.54) is 36.9 Å². The highest BCUT2D eigenvalue weighted by Gasteiger charge is 2.37. The Bertz CT molecular complexity index is 687. The second-order valence-corrected chi connectivity index (χ2v) is 10.4. The number of fused-ring (bicyclic) bond motifs is 1. The summed E-state index contributed by atoms with van der Waals surface area (Å²) in [6, 6.07) is 2.27. The van der Waals surface area contributed by atoms with Gasteiger partial charge in [-0.3, -0.25) is 9.78 Å². The molecule has 2 aliphatic rings. The summed E-state index contributed by atoms with van der Waals surface area (Å²) < 4.78 is 6.15. The van der Waals surface area contributed by atoms with Gasteiger partial charge in [-0.2, -0.15) is 0 Å². The summed E-state index contributed by atoms with van der Waals surface area (Å²) in [5, 5.41) is 0. The molecule has 0 N–H and O–H groups in total. The van der Waals surface area contributed by atoms with Crippen molar-refractivity contribution in [2.45, 2.75) is 98.0 Å². The van der Waals surface area contributed by atoms with Gasteiger partial charge in [-0.05, 0) is 42.6 Å². The summed E-state index contributed by atoms with van der Waals surface area (Å²) in [6.07, 6.45) is 5.19. The Morgan fingerprint density at radius 3 is 2.38 bits per heavy atom. The number of nitrogens with zero attached hydrogens (tertiary/aromatic N) is 1. The molecule has 0 amide bonds. The summed E-state index contributed by atoms with van der Waals surface area (Å²) in [5.41, 5.74) is 3.85. The van der Waals surface area contributed by atoms with Gasteiger partial charge in [0.25, 0.3) is 0 Å². The van der Waals surface area contributed by atoms with Crippen LogP contribution in [0.25, 0.3) is 0 Å². The minimum atomic E-state index is -0.362. The van der Waals surface area contributed by atoms with Crippen LogP contribution in [-0.2, 0) is 16.6 Å². The van der Waals surface area contributed by atoms with Crippen molar-refractivity contribution in [1.29, 1.82) is 0 Å². The molecule has 144 valence electrons. The molecule has 0 radical (unpaired) electrons. The molecule has 1 fully saturated rings. The number of carbonyl (C=O) groups excluding carboxylic acids is 1. The van der Waals surface area contributed by atoms with Crippen LogP contribution >= 0.6 is 0 Å². The van der Waals surface area contributed by atoms with Gasteiger partial charge in [-0.1, -0.05) is 48.5 Å². The molecule has 1 aromatic rings. The largest absolute Gasteiger partial charge is 0.480 e. The van der Waals surface area contributed by atoms with E-state index in [0.29, 0.717) is 17.8 Å². The molecule has 3 nitrogen and oxygen atoms in total. The van der Waals surface area contributed by atoms with Crippen molar-refractivity contribution in [1.82, 2.24) is 4.98 Å². The molecule has 3 heteroatoms. The quantitative estimate of drug-likeness (QED) is 0.707. The van der Waals surface area contributed by atoms with Crippen LogP contribution in [0.3, 0.4) is 0 Å². The first-order chi connectivity index (χ1) is 12.0. The van der Waals surface area contributed by atoms with Crippen molar-refractivity contribution >= 4 is 5.78 Å². The van der Waals surface area contributed by atoms with E-state index in [2.05, 4.69) is 40.7 Å². The Morgan fingerprint density at radius 2 is 1.85 bits per heavy atom. The molecule has 2 heterocycles. The Kier molecular flexibility index (Phi) is 4.96. The summed E-state index contributed by atoms with van der Waals surface area (Å²) in [7, 11) is 0. The summed E-state index contributed by atoms with van der Waals surface area (Å²) >= 11 is 0. The number of rotatable bonds is 3. The number of hydrogen-bond acceptors (Lipinski definition) is 3. The predicted molar refractivity (Wildman–Crippen MR) is 106 cm³/mol. The summed E-state index contributed by atoms with van der Waals surface area (Å²) in [6.45, 7) is 15.3. The maximum absolute atomic E-state index is 12.5. The van der Waals surface area contributed by atoms with Crippen molar-refractivity contribution < 1.29 is 9.53 Å². The highest BCUT2D eigenvalue weighted by atomic mass is 16.5. The third-order valence-electron chi connectivity index (χ3n) is 6.15. The van der Waals surface area contributed by atoms with E-state index in [1.54, 1.807) is 0 Å². The molecule has 0 aromatic carbocycles. The molecule has 1 aromatic heterocycles. The predicted octanol–water partition coefficient (Wildman–Crippen LogP) is 5.59. The van der Waals surface area contributed by atoms with Crippen molar-refractivity contribution in [3.05, 3.63) is 23.0 Å². The number of ketones is 1. The molecule has 1 atom stereocenters. The van der Waals surface area contributed by atoms with Crippen LogP contribution in [0.4, 0.5) is 0 Å². The zero-order chi connectivity index (χ0) is 19.3. The number of aromatic nitrogens is 1. The van der Waals surface area contributed by atoms with Gasteiger partial charge in [-0.25, -0.2) is 0 Å². The summed E-state index contributed by atoms with van der Waals surface area (Å²) in [4.78, 5) is 17.5. The molecule has 0 bridgehead atoms. The highest BCUT2D eigenvalue weighted by Crippen LogP contribution is 2.45. The fourth-order valence-corrected chi connectivity index (χ4v) is 4.23. The second kappa shape index (κ2) is 6.65. The maximum Gasteiger partial charge on any atom is 0.176 e. The molecule has 1 aliphatic carbocycles. The van der Waals surface area contributed by atoms with E-state index in [0.717, 1.165) is 11.4 Å². The van der Waals surface area contributed by atoms with E-state index < -0.39 is 0 Å². The first-order valence-corrected chi connectivity index (χ1v) is 10.2. The van der Waals surface area contributed by atoms with Gasteiger partial charge < -0.3 is 4.74 Å². The fraction of sp³-hybridized carbons (Fsp3) is 0.739. The Labute approximate surface area is 158 Å². The topological polar surface area (TPSA) is 39.2 Å². The second-order valence-electron chi connectivity index (χ2n) is 10.4. The highest BCUT2D eigenvalue weighted by molar-refractivity contribution is 5.86. The van der Waals surface area contributed by atoms with Crippen LogP contribution < -0.4 is 4.74 Å². The van der Waals surface area contributed by atoms with Gasteiger partial charge in [0.1, 0.15) is 5.75 Å². The minimum Gasteiger partial charge on any atom is -0.480 e. The molecule has 0 saturated heterocycles. The van der Waals surface area contributed by atoms with Gasteiger partial charge in [-0.15, -0.1) is 0 Å². The van der Waals surface area contributed by atoms with E-state index in [9.17, 15) is 4.79 Å². The molecule has 3 rings (SSSR count). The molecular formula is C23H35NO2. The lowest BCUT2D eigenvalue weighted by Gasteiger charge is -2.34. The van der Waals surface area contributed by atoms with Gasteiger partial charge in [0.15, 0.2) is 11.9 Å². The number of ether oxygens (including phenoxy) is 1. The molecule has 1 unspecified atom stereocenters. The zero-order valence-electron chi connectivity index (χ0n) is 17.6. The van der Waals surface area contributed by atoms with Gasteiger partial charge in [0.2, 0.25) is 0 Å². The number of pyridine rings is 1. The maximum atomic E-state index is 12.5. The van der Waals surface area contributed by atoms with E-state index in [1.807, 2.05) is 13.8 Å².